The number of nitrogens with zero attached hydrogens (tertiary/aromatic N) is 2. The molecule has 10 nitrogen and oxygen atoms in total. The number of benzene rings is 2. The van der Waals surface area contributed by atoms with Crippen LogP contribution in [-0.2, 0) is 49.4 Å². The van der Waals surface area contributed by atoms with Gasteiger partial charge < -0.3 is 30.6 Å². The lowest BCUT2D eigenvalue weighted by atomic mass is 9.52. The number of likely N-dealkylation sites (tertiary alicyclic amines) is 2. The predicted octanol–water partition coefficient (Wildman–Crippen LogP) is 5.45. The molecule has 0 bridgehead atoms. The van der Waals surface area contributed by atoms with E-state index in [0.717, 1.165) is 112 Å². The maximum atomic E-state index is 12.5. The monoisotopic (exact) mass is 807 g/mol. The third kappa shape index (κ3) is 5.87. The zero-order valence-corrected chi connectivity index (χ0v) is 35.1. The summed E-state index contributed by atoms with van der Waals surface area (Å²) in [5, 5.41) is 10.3. The number of phenolic OH excluding ortho intramolecular Hbond substituents is 1. The van der Waals surface area contributed by atoms with Crippen molar-refractivity contribution in [3.63, 3.8) is 0 Å². The molecule has 6 aliphatic carbocycles. The predicted molar refractivity (Wildman–Crippen MR) is 230 cm³/mol. The van der Waals surface area contributed by atoms with E-state index < -0.39 is 5.91 Å². The molecule has 2 saturated heterocycles. The minimum Gasteiger partial charge on any atom is -0.508 e. The topological polar surface area (TPSA) is 153 Å². The molecule has 4 aromatic rings. The number of phenols is 1. The molecule has 4 heterocycles. The molecule has 2 saturated carbocycles. The summed E-state index contributed by atoms with van der Waals surface area (Å²) < 4.78 is 0. The molecule has 60 heavy (non-hydrogen) atoms. The van der Waals surface area contributed by atoms with Gasteiger partial charge in [0.25, 0.3) is 17.0 Å². The molecule has 2 aliphatic heterocycles. The zero-order valence-electron chi connectivity index (χ0n) is 35.1. The van der Waals surface area contributed by atoms with Crippen LogP contribution in [0.4, 0.5) is 0 Å². The lowest BCUT2D eigenvalue weighted by Crippen LogP contribution is -2.60. The number of hydrogen-bond donors (Lipinski definition) is 4. The summed E-state index contributed by atoms with van der Waals surface area (Å²) in [7, 11) is 0. The number of nitrogens with two attached hydrogens (primary N) is 1. The number of carbonyl (C=O) groups excluding carboxylic acids is 2. The van der Waals surface area contributed by atoms with Crippen LogP contribution >= 0.6 is 0 Å². The first-order valence-electron chi connectivity index (χ1n) is 22.5. The number of H-pyrrole nitrogens is 2. The molecule has 0 radical (unpaired) electrons. The van der Waals surface area contributed by atoms with Crippen LogP contribution in [0.1, 0.15) is 116 Å². The number of aromatic hydroxyl groups is 1. The maximum Gasteiger partial charge on any atom is 0.261 e. The highest BCUT2D eigenvalue weighted by Crippen LogP contribution is 2.63. The third-order valence-corrected chi connectivity index (χ3v) is 16.8. The number of nitrogens with one attached hydrogen (secondary N) is 2. The molecule has 12 rings (SSSR count). The highest BCUT2D eigenvalue weighted by molar-refractivity contribution is 5.94. The van der Waals surface area contributed by atoms with Crippen LogP contribution in [0.2, 0.25) is 0 Å². The molecule has 1 amide bonds. The highest BCUT2D eigenvalue weighted by atomic mass is 16.3. The Kier molecular flexibility index (Phi) is 8.49. The largest absolute Gasteiger partial charge is 0.508 e. The Labute approximate surface area is 351 Å². The summed E-state index contributed by atoms with van der Waals surface area (Å²) in [6.45, 7) is 10.4. The smallest absolute Gasteiger partial charge is 0.261 e. The minimum atomic E-state index is -0.641. The Morgan fingerprint density at radius 3 is 1.68 bits per heavy atom. The van der Waals surface area contributed by atoms with Gasteiger partial charge in [0.2, 0.25) is 0 Å². The number of ketones is 1. The number of piperidine rings is 2. The Morgan fingerprint density at radius 1 is 0.683 bits per heavy atom. The molecule has 8 aliphatic rings. The standard InChI is InChI=1S/C25H29N3O2.C25H28N2O3/c1-15-2-5-17-10-24-11-18-9-19(22(26)29)23(30)27-21(18)12-25(24,20(17)8-15)6-7-28(14-24)13-16-3-4-16;1-15(28)20-8-18-11-24-10-17-4-5-19(29)9-21(17)25(24,12-22(18)26-23(20)30)6-7-27(14-24)13-16-2-3-16/h2,5,8-9,16H,3-4,6-7,10-14H2,1H3,(H2,26,29)(H,27,30);4-5,8-9,16,29H,2-3,6-7,10-14H2,1H3,(H,26,30)/t2*24?,25-/m11/s1. The Balaban J connectivity index is 0.000000136. The van der Waals surface area contributed by atoms with Gasteiger partial charge in [0.15, 0.2) is 5.78 Å². The summed E-state index contributed by atoms with van der Waals surface area (Å²) in [5.74, 6) is 1.25. The number of Topliss-reactive ketones (excluding diaryl/α,β-unsaturated/α-hetero) is 1. The van der Waals surface area contributed by atoms with E-state index in [0.29, 0.717) is 5.75 Å². The van der Waals surface area contributed by atoms with E-state index in [9.17, 15) is 24.3 Å². The normalized spacial score (nSPS) is 29.6. The van der Waals surface area contributed by atoms with Gasteiger partial charge in [0.05, 0.1) is 5.56 Å². The second-order valence-electron chi connectivity index (χ2n) is 20.6. The van der Waals surface area contributed by atoms with Crippen LogP contribution in [0.15, 0.2) is 58.1 Å². The summed E-state index contributed by atoms with van der Waals surface area (Å²) in [6, 6.07) is 16.5. The number of fused-ring (bicyclic) bond motifs is 4. The van der Waals surface area contributed by atoms with E-state index in [2.05, 4.69) is 51.0 Å². The van der Waals surface area contributed by atoms with Gasteiger partial charge in [-0.05, 0) is 173 Å². The minimum absolute atomic E-state index is 0.0512. The van der Waals surface area contributed by atoms with Gasteiger partial charge in [-0.15, -0.1) is 0 Å². The van der Waals surface area contributed by atoms with Crippen molar-refractivity contribution in [1.82, 2.24) is 19.8 Å². The van der Waals surface area contributed by atoms with Gasteiger partial charge in [-0.3, -0.25) is 19.2 Å². The fourth-order valence-corrected chi connectivity index (χ4v) is 13.6. The number of aryl methyl sites for hydroxylation is 1. The van der Waals surface area contributed by atoms with E-state index in [1.54, 1.807) is 12.1 Å². The van der Waals surface area contributed by atoms with E-state index in [1.807, 2.05) is 12.1 Å². The molecule has 5 N–H and O–H groups in total. The van der Waals surface area contributed by atoms with E-state index >= 15 is 0 Å². The summed E-state index contributed by atoms with van der Waals surface area (Å²) in [5.41, 5.74) is 16.5. The summed E-state index contributed by atoms with van der Waals surface area (Å²) in [6.07, 6.45) is 13.1. The number of amides is 1. The summed E-state index contributed by atoms with van der Waals surface area (Å²) in [4.78, 5) is 60.3. The van der Waals surface area contributed by atoms with Crippen LogP contribution in [0, 0.1) is 29.6 Å². The van der Waals surface area contributed by atoms with E-state index in [4.69, 9.17) is 5.73 Å². The first kappa shape index (κ1) is 38.1. The highest BCUT2D eigenvalue weighted by Gasteiger charge is 2.63. The third-order valence-electron chi connectivity index (χ3n) is 16.8. The lowest BCUT2D eigenvalue weighted by Gasteiger charge is -2.56. The number of carbonyl (C=O) groups is 2. The number of pyridine rings is 2. The van der Waals surface area contributed by atoms with Gasteiger partial charge in [0.1, 0.15) is 11.3 Å². The molecule has 4 atom stereocenters. The van der Waals surface area contributed by atoms with Crippen LogP contribution in [0.5, 0.6) is 5.75 Å². The fraction of sp³-hybridized carbons (Fsp3) is 0.520. The van der Waals surface area contributed by atoms with E-state index in [1.165, 1.54) is 73.5 Å². The number of rotatable bonds is 6. The van der Waals surface area contributed by atoms with Crippen LogP contribution in [0.3, 0.4) is 0 Å². The van der Waals surface area contributed by atoms with Crippen molar-refractivity contribution in [3.8, 4) is 5.75 Å². The summed E-state index contributed by atoms with van der Waals surface area (Å²) >= 11 is 0. The van der Waals surface area contributed by atoms with Crippen molar-refractivity contribution in [1.29, 1.82) is 0 Å². The van der Waals surface area contributed by atoms with Gasteiger partial charge in [-0.2, -0.15) is 0 Å². The first-order valence-corrected chi connectivity index (χ1v) is 22.5. The van der Waals surface area contributed by atoms with Gasteiger partial charge in [0, 0.05) is 59.2 Å². The Morgan fingerprint density at radius 2 is 1.17 bits per heavy atom. The van der Waals surface area contributed by atoms with Gasteiger partial charge >= 0.3 is 0 Å². The van der Waals surface area contributed by atoms with Crippen molar-refractivity contribution in [2.24, 2.45) is 28.4 Å². The quantitative estimate of drug-likeness (QED) is 0.189. The molecular weight excluding hydrogens is 751 g/mol. The van der Waals surface area contributed by atoms with E-state index in [-0.39, 0.29) is 49.7 Å². The van der Waals surface area contributed by atoms with Crippen molar-refractivity contribution in [2.45, 2.75) is 102 Å². The van der Waals surface area contributed by atoms with Gasteiger partial charge in [-0.1, -0.05) is 29.8 Å². The fourth-order valence-electron chi connectivity index (χ4n) is 13.6. The second-order valence-corrected chi connectivity index (χ2v) is 20.6. The van der Waals surface area contributed by atoms with Crippen LogP contribution < -0.4 is 16.9 Å². The number of aromatic nitrogens is 2. The van der Waals surface area contributed by atoms with Crippen LogP contribution in [0.25, 0.3) is 0 Å². The molecule has 2 unspecified atom stereocenters. The van der Waals surface area contributed by atoms with Crippen molar-refractivity contribution in [2.75, 3.05) is 39.3 Å². The van der Waals surface area contributed by atoms with Crippen LogP contribution in [-0.4, -0.2) is 75.8 Å². The Bertz CT molecular complexity index is 2440. The molecule has 2 aromatic heterocycles. The molecule has 312 valence electrons. The number of aromatic amines is 2. The first-order chi connectivity index (χ1) is 28.8. The number of primary amides is 1. The Hall–Kier alpha value is -4.80. The van der Waals surface area contributed by atoms with Crippen molar-refractivity contribution in [3.05, 3.63) is 131 Å². The maximum absolute atomic E-state index is 12.5. The van der Waals surface area contributed by atoms with Crippen molar-refractivity contribution < 1.29 is 14.7 Å². The zero-order chi connectivity index (χ0) is 41.3. The van der Waals surface area contributed by atoms with Gasteiger partial charge in [-0.25, -0.2) is 0 Å². The average molecular weight is 808 g/mol. The molecule has 4 fully saturated rings. The average Bonchev–Trinajstić information content (AvgIpc) is 4.15. The molecular formula is C50H57N5O5. The molecule has 10 heteroatoms. The van der Waals surface area contributed by atoms with Crippen molar-refractivity contribution >= 4 is 11.7 Å². The second kappa shape index (κ2) is 13.3. The molecule has 0 spiro atoms. The SMILES string of the molecule is CC(=O)c1cc2c([nH]c1=O)C[C@@]13CCN(CC4CC4)CC1(Cc1ccc(O)cc13)C2.Cc1ccc2c(c1)[C@]13CCN(CC4CC4)CC1(C2)Cc1cc(C(N)=O)c(=O)[nH]c1C3. The lowest BCUT2D eigenvalue weighted by molar-refractivity contribution is 0.00114. The molecule has 2 aromatic carbocycles. The number of hydrogen-bond acceptors (Lipinski definition) is 7.